The second-order valence-corrected chi connectivity index (χ2v) is 9.43. The van der Waals surface area contributed by atoms with Gasteiger partial charge >= 0.3 is 0 Å². The van der Waals surface area contributed by atoms with Crippen LogP contribution < -0.4 is 5.56 Å². The van der Waals surface area contributed by atoms with Crippen molar-refractivity contribution in [1.82, 2.24) is 35.0 Å². The zero-order valence-electron chi connectivity index (χ0n) is 20.8. The summed E-state index contributed by atoms with van der Waals surface area (Å²) < 4.78 is 7.38. The lowest BCUT2D eigenvalue weighted by atomic mass is 10.1. The monoisotopic (exact) mass is 487 g/mol. The summed E-state index contributed by atoms with van der Waals surface area (Å²) in [6.45, 7) is 8.95. The number of hydrogen-bond acceptors (Lipinski definition) is 7. The fourth-order valence-corrected chi connectivity index (χ4v) is 4.64. The SMILES string of the molecule is Cc1ccc2[nH]c(=O)c(CN(CCN3CCOCC3)Cc3nnnn3CCc3ccccc3)cc2c1. The number of hydrogen-bond donors (Lipinski definition) is 1. The Bertz CT molecular complexity index is 1330. The van der Waals surface area contributed by atoms with Gasteiger partial charge in [0.05, 0.1) is 19.8 Å². The first-order valence-electron chi connectivity index (χ1n) is 12.6. The van der Waals surface area contributed by atoms with Crippen molar-refractivity contribution in [2.75, 3.05) is 39.4 Å². The number of nitrogens with one attached hydrogen (secondary N) is 1. The van der Waals surface area contributed by atoms with Crippen molar-refractivity contribution in [2.24, 2.45) is 0 Å². The third kappa shape index (κ3) is 6.23. The van der Waals surface area contributed by atoms with Crippen molar-refractivity contribution in [3.8, 4) is 0 Å². The molecular weight excluding hydrogens is 454 g/mol. The molecule has 1 N–H and O–H groups in total. The van der Waals surface area contributed by atoms with Crippen molar-refractivity contribution in [1.29, 1.82) is 0 Å². The molecule has 0 bridgehead atoms. The lowest BCUT2D eigenvalue weighted by Gasteiger charge is -2.29. The number of pyridine rings is 1. The molecule has 2 aromatic carbocycles. The third-order valence-electron chi connectivity index (χ3n) is 6.73. The lowest BCUT2D eigenvalue weighted by Crippen LogP contribution is -2.41. The Morgan fingerprint density at radius 2 is 1.86 bits per heavy atom. The van der Waals surface area contributed by atoms with Gasteiger partial charge in [-0.3, -0.25) is 14.6 Å². The van der Waals surface area contributed by atoms with Crippen LogP contribution in [-0.4, -0.2) is 74.4 Å². The van der Waals surface area contributed by atoms with E-state index in [1.54, 1.807) is 0 Å². The topological polar surface area (TPSA) is 92.2 Å². The molecule has 0 radical (unpaired) electrons. The van der Waals surface area contributed by atoms with E-state index in [4.69, 9.17) is 4.74 Å². The molecule has 1 fully saturated rings. The number of rotatable bonds is 10. The van der Waals surface area contributed by atoms with E-state index < -0.39 is 0 Å². The maximum absolute atomic E-state index is 12.9. The minimum Gasteiger partial charge on any atom is -0.379 e. The first-order chi connectivity index (χ1) is 17.6. The second kappa shape index (κ2) is 11.6. The molecule has 0 amide bonds. The number of aryl methyl sites for hydroxylation is 3. The van der Waals surface area contributed by atoms with Crippen LogP contribution in [0, 0.1) is 6.92 Å². The molecule has 4 aromatic rings. The van der Waals surface area contributed by atoms with Gasteiger partial charge in [0, 0.05) is 50.3 Å². The molecule has 5 rings (SSSR count). The van der Waals surface area contributed by atoms with Crippen molar-refractivity contribution in [3.63, 3.8) is 0 Å². The Balaban J connectivity index is 1.34. The molecule has 188 valence electrons. The van der Waals surface area contributed by atoms with Crippen LogP contribution in [0.2, 0.25) is 0 Å². The Kier molecular flexibility index (Phi) is 7.80. The molecule has 9 nitrogen and oxygen atoms in total. The highest BCUT2D eigenvalue weighted by Crippen LogP contribution is 2.15. The van der Waals surface area contributed by atoms with Crippen molar-refractivity contribution in [3.05, 3.63) is 87.5 Å². The number of tetrazole rings is 1. The zero-order chi connectivity index (χ0) is 24.7. The smallest absolute Gasteiger partial charge is 0.252 e. The molecule has 1 aliphatic heterocycles. The summed E-state index contributed by atoms with van der Waals surface area (Å²) in [4.78, 5) is 20.7. The van der Waals surface area contributed by atoms with E-state index in [9.17, 15) is 4.79 Å². The molecule has 9 heteroatoms. The number of H-pyrrole nitrogens is 1. The summed E-state index contributed by atoms with van der Waals surface area (Å²) in [6, 6.07) is 18.5. The molecule has 36 heavy (non-hydrogen) atoms. The van der Waals surface area contributed by atoms with Gasteiger partial charge in [0.15, 0.2) is 5.82 Å². The Labute approximate surface area is 210 Å². The van der Waals surface area contributed by atoms with Crippen LogP contribution in [0.5, 0.6) is 0 Å². The predicted octanol–water partition coefficient (Wildman–Crippen LogP) is 2.40. The Morgan fingerprint density at radius 1 is 1.03 bits per heavy atom. The minimum atomic E-state index is -0.0496. The largest absolute Gasteiger partial charge is 0.379 e. The zero-order valence-corrected chi connectivity index (χ0v) is 20.8. The highest BCUT2D eigenvalue weighted by molar-refractivity contribution is 5.79. The van der Waals surface area contributed by atoms with Crippen molar-refractivity contribution < 1.29 is 4.74 Å². The average Bonchev–Trinajstić information content (AvgIpc) is 3.34. The van der Waals surface area contributed by atoms with Crippen molar-refractivity contribution >= 4 is 10.9 Å². The Morgan fingerprint density at radius 3 is 2.69 bits per heavy atom. The number of aromatic nitrogens is 5. The normalized spacial score (nSPS) is 14.6. The van der Waals surface area contributed by atoms with E-state index in [0.29, 0.717) is 19.6 Å². The summed E-state index contributed by atoms with van der Waals surface area (Å²) in [5.74, 6) is 0.806. The van der Waals surface area contributed by atoms with Crippen LogP contribution in [0.3, 0.4) is 0 Å². The molecular formula is C27H33N7O2. The molecule has 0 aliphatic carbocycles. The van der Waals surface area contributed by atoms with E-state index in [2.05, 4.69) is 55.4 Å². The number of benzene rings is 2. The highest BCUT2D eigenvalue weighted by atomic mass is 16.5. The molecule has 0 unspecified atom stereocenters. The summed E-state index contributed by atoms with van der Waals surface area (Å²) in [5, 5.41) is 13.6. The van der Waals surface area contributed by atoms with Gasteiger partial charge < -0.3 is 9.72 Å². The van der Waals surface area contributed by atoms with Crippen LogP contribution >= 0.6 is 0 Å². The lowest BCUT2D eigenvalue weighted by molar-refractivity contribution is 0.0322. The van der Waals surface area contributed by atoms with Crippen LogP contribution in [0.1, 0.15) is 22.5 Å². The maximum atomic E-state index is 12.9. The summed E-state index contributed by atoms with van der Waals surface area (Å²) in [5.41, 5.74) is 3.98. The third-order valence-corrected chi connectivity index (χ3v) is 6.73. The standard InChI is InChI=1S/C27H33N7O2/c1-21-7-8-25-23(17-21)18-24(27(35)28-25)19-33(12-11-32-13-15-36-16-14-32)20-26-29-30-31-34(26)10-9-22-5-3-2-4-6-22/h2-8,17-18H,9-16,19-20H2,1H3,(H,28,35). The van der Waals surface area contributed by atoms with Gasteiger partial charge in [0.25, 0.3) is 5.56 Å². The average molecular weight is 488 g/mol. The van der Waals surface area contributed by atoms with Crippen molar-refractivity contribution in [2.45, 2.75) is 33.0 Å². The predicted molar refractivity (Wildman–Crippen MR) is 139 cm³/mol. The van der Waals surface area contributed by atoms with Gasteiger partial charge in [0.2, 0.25) is 0 Å². The van der Waals surface area contributed by atoms with Crippen LogP contribution in [-0.2, 0) is 30.8 Å². The van der Waals surface area contributed by atoms with E-state index >= 15 is 0 Å². The van der Waals surface area contributed by atoms with Gasteiger partial charge in [-0.2, -0.15) is 0 Å². The highest BCUT2D eigenvalue weighted by Gasteiger charge is 2.18. The molecule has 1 aliphatic rings. The number of aromatic amines is 1. The van der Waals surface area contributed by atoms with Gasteiger partial charge in [-0.1, -0.05) is 42.0 Å². The Hall–Kier alpha value is -3.40. The van der Waals surface area contributed by atoms with E-state index in [-0.39, 0.29) is 5.56 Å². The molecule has 0 atom stereocenters. The minimum absolute atomic E-state index is 0.0496. The molecule has 2 aromatic heterocycles. The van der Waals surface area contributed by atoms with Crippen LogP contribution in [0.25, 0.3) is 10.9 Å². The van der Waals surface area contributed by atoms with Crippen LogP contribution in [0.15, 0.2) is 59.4 Å². The molecule has 0 saturated carbocycles. The first-order valence-corrected chi connectivity index (χ1v) is 12.6. The summed E-state index contributed by atoms with van der Waals surface area (Å²) in [7, 11) is 0. The number of nitrogens with zero attached hydrogens (tertiary/aromatic N) is 6. The van der Waals surface area contributed by atoms with E-state index in [0.717, 1.165) is 68.1 Å². The van der Waals surface area contributed by atoms with Crippen LogP contribution in [0.4, 0.5) is 0 Å². The molecule has 0 spiro atoms. The van der Waals surface area contributed by atoms with Gasteiger partial charge in [0.1, 0.15) is 0 Å². The number of morpholine rings is 1. The fourth-order valence-electron chi connectivity index (χ4n) is 4.64. The fraction of sp³-hybridized carbons (Fsp3) is 0.407. The number of fused-ring (bicyclic) bond motifs is 1. The molecule has 1 saturated heterocycles. The summed E-state index contributed by atoms with van der Waals surface area (Å²) in [6.07, 6.45) is 0.857. The first kappa shape index (κ1) is 24.3. The number of ether oxygens (including phenoxy) is 1. The van der Waals surface area contributed by atoms with Gasteiger partial charge in [-0.25, -0.2) is 4.68 Å². The van der Waals surface area contributed by atoms with E-state index in [1.165, 1.54) is 11.1 Å². The van der Waals surface area contributed by atoms with Gasteiger partial charge in [-0.15, -0.1) is 5.10 Å². The van der Waals surface area contributed by atoms with E-state index in [1.807, 2.05) is 41.1 Å². The summed E-state index contributed by atoms with van der Waals surface area (Å²) >= 11 is 0. The van der Waals surface area contributed by atoms with Gasteiger partial charge in [-0.05, 0) is 52.9 Å². The quantitative estimate of drug-likeness (QED) is 0.367. The second-order valence-electron chi connectivity index (χ2n) is 9.43. The molecule has 3 heterocycles. The maximum Gasteiger partial charge on any atom is 0.252 e.